The second kappa shape index (κ2) is 13.1. The van der Waals surface area contributed by atoms with Crippen LogP contribution in [0.25, 0.3) is 0 Å². The van der Waals surface area contributed by atoms with Crippen LogP contribution in [0.2, 0.25) is 0 Å². The summed E-state index contributed by atoms with van der Waals surface area (Å²) in [5, 5.41) is 12.9. The minimum atomic E-state index is 0.208. The van der Waals surface area contributed by atoms with Gasteiger partial charge in [-0.05, 0) is 35.7 Å². The summed E-state index contributed by atoms with van der Waals surface area (Å²) in [7, 11) is 1.79. The number of hydrazone groups is 1. The predicted octanol–water partition coefficient (Wildman–Crippen LogP) is 3.71. The van der Waals surface area contributed by atoms with Gasteiger partial charge in [0.1, 0.15) is 12.0 Å². The SMILES string of the molecule is CC.CN/N=C/c1ccccc1C.O=CCc1cccc(O)c1. The highest BCUT2D eigenvalue weighted by atomic mass is 16.3. The van der Waals surface area contributed by atoms with Crippen LogP contribution in [0.1, 0.15) is 30.5 Å². The molecule has 2 aromatic rings. The second-order valence-electron chi connectivity index (χ2n) is 4.38. The van der Waals surface area contributed by atoms with Gasteiger partial charge in [0.15, 0.2) is 0 Å². The van der Waals surface area contributed by atoms with Gasteiger partial charge < -0.3 is 15.3 Å². The van der Waals surface area contributed by atoms with Crippen LogP contribution < -0.4 is 5.43 Å². The fourth-order valence-electron chi connectivity index (χ4n) is 1.65. The molecule has 2 rings (SSSR count). The topological polar surface area (TPSA) is 61.7 Å². The summed E-state index contributed by atoms with van der Waals surface area (Å²) in [6, 6.07) is 14.8. The highest BCUT2D eigenvalue weighted by molar-refractivity contribution is 5.81. The zero-order chi connectivity index (χ0) is 17.5. The molecule has 0 aliphatic carbocycles. The van der Waals surface area contributed by atoms with Crippen LogP contribution in [0.4, 0.5) is 0 Å². The number of phenols is 1. The molecule has 0 fully saturated rings. The molecule has 0 amide bonds. The number of aryl methyl sites for hydroxylation is 1. The number of hydrogen-bond donors (Lipinski definition) is 2. The summed E-state index contributed by atoms with van der Waals surface area (Å²) in [6.07, 6.45) is 3.00. The monoisotopic (exact) mass is 314 g/mol. The van der Waals surface area contributed by atoms with Gasteiger partial charge in [-0.25, -0.2) is 0 Å². The van der Waals surface area contributed by atoms with E-state index in [0.29, 0.717) is 6.42 Å². The van der Waals surface area contributed by atoms with E-state index in [9.17, 15) is 4.79 Å². The molecule has 4 heteroatoms. The lowest BCUT2D eigenvalue weighted by Gasteiger charge is -1.96. The lowest BCUT2D eigenvalue weighted by Crippen LogP contribution is -1.95. The Labute approximate surface area is 138 Å². The third kappa shape index (κ3) is 9.09. The number of aldehydes is 1. The van der Waals surface area contributed by atoms with Crippen LogP contribution in [-0.2, 0) is 11.2 Å². The van der Waals surface area contributed by atoms with E-state index in [2.05, 4.69) is 23.5 Å². The van der Waals surface area contributed by atoms with E-state index in [1.54, 1.807) is 31.3 Å². The summed E-state index contributed by atoms with van der Waals surface area (Å²) >= 11 is 0. The van der Waals surface area contributed by atoms with Gasteiger partial charge >= 0.3 is 0 Å². The van der Waals surface area contributed by atoms with Gasteiger partial charge in [0, 0.05) is 13.5 Å². The van der Waals surface area contributed by atoms with Crippen molar-refractivity contribution in [3.8, 4) is 5.75 Å². The molecule has 23 heavy (non-hydrogen) atoms. The number of phenolic OH excluding ortho intramolecular Hbond substituents is 1. The lowest BCUT2D eigenvalue weighted by atomic mass is 10.1. The normalized spacial score (nSPS) is 9.22. The van der Waals surface area contributed by atoms with Gasteiger partial charge in [0.25, 0.3) is 0 Å². The molecule has 0 aromatic heterocycles. The number of rotatable bonds is 4. The van der Waals surface area contributed by atoms with E-state index in [1.165, 1.54) is 5.56 Å². The molecular formula is C19H26N2O2. The Morgan fingerprint density at radius 1 is 1.13 bits per heavy atom. The Kier molecular flexibility index (Phi) is 11.6. The minimum Gasteiger partial charge on any atom is -0.508 e. The Morgan fingerprint density at radius 2 is 1.83 bits per heavy atom. The molecule has 0 saturated carbocycles. The largest absolute Gasteiger partial charge is 0.508 e. The van der Waals surface area contributed by atoms with Crippen molar-refractivity contribution in [2.75, 3.05) is 7.05 Å². The molecule has 0 bridgehead atoms. The van der Waals surface area contributed by atoms with E-state index in [0.717, 1.165) is 17.4 Å². The summed E-state index contributed by atoms with van der Waals surface area (Å²) in [5.41, 5.74) is 5.95. The van der Waals surface area contributed by atoms with Crippen LogP contribution in [0.3, 0.4) is 0 Å². The van der Waals surface area contributed by atoms with Gasteiger partial charge in [-0.1, -0.05) is 50.2 Å². The summed E-state index contributed by atoms with van der Waals surface area (Å²) in [5.74, 6) is 0.208. The molecular weight excluding hydrogens is 288 g/mol. The summed E-state index contributed by atoms with van der Waals surface area (Å²) < 4.78 is 0. The maximum Gasteiger partial charge on any atom is 0.124 e. The first-order valence-electron chi connectivity index (χ1n) is 7.64. The van der Waals surface area contributed by atoms with E-state index in [1.807, 2.05) is 38.3 Å². The Morgan fingerprint density at radius 3 is 2.39 bits per heavy atom. The van der Waals surface area contributed by atoms with Gasteiger partial charge in [-0.2, -0.15) is 5.10 Å². The highest BCUT2D eigenvalue weighted by Crippen LogP contribution is 2.10. The number of carbonyl (C=O) groups is 1. The fourth-order valence-corrected chi connectivity index (χ4v) is 1.65. The zero-order valence-electron chi connectivity index (χ0n) is 14.3. The maximum atomic E-state index is 10.0. The number of hydrogen-bond acceptors (Lipinski definition) is 4. The van der Waals surface area contributed by atoms with E-state index >= 15 is 0 Å². The van der Waals surface area contributed by atoms with Crippen LogP contribution in [0.15, 0.2) is 53.6 Å². The predicted molar refractivity (Wildman–Crippen MR) is 97.1 cm³/mol. The zero-order valence-corrected chi connectivity index (χ0v) is 14.3. The molecule has 124 valence electrons. The standard InChI is InChI=1S/C9H12N2.C8H8O2.C2H6/c1-8-5-3-4-6-9(8)7-11-10-2;9-5-4-7-2-1-3-8(10)6-7;1-2/h3-7,10H,1-2H3;1-3,5-6,10H,4H2;1-2H3/b11-7+;;. The van der Waals surface area contributed by atoms with Crippen molar-refractivity contribution in [3.63, 3.8) is 0 Å². The second-order valence-corrected chi connectivity index (χ2v) is 4.38. The highest BCUT2D eigenvalue weighted by Gasteiger charge is 1.91. The molecule has 2 N–H and O–H groups in total. The van der Waals surface area contributed by atoms with Gasteiger partial charge in [-0.3, -0.25) is 0 Å². The van der Waals surface area contributed by atoms with Crippen LogP contribution in [-0.4, -0.2) is 24.7 Å². The molecule has 0 spiro atoms. The van der Waals surface area contributed by atoms with Gasteiger partial charge in [-0.15, -0.1) is 0 Å². The average Bonchev–Trinajstić information content (AvgIpc) is 2.57. The third-order valence-electron chi connectivity index (χ3n) is 2.75. The average molecular weight is 314 g/mol. The van der Waals surface area contributed by atoms with Crippen molar-refractivity contribution in [1.82, 2.24) is 5.43 Å². The first-order chi connectivity index (χ1) is 11.2. The fraction of sp³-hybridized carbons (Fsp3) is 0.263. The number of aromatic hydroxyl groups is 1. The first kappa shape index (κ1) is 20.4. The van der Waals surface area contributed by atoms with Gasteiger partial charge in [0.05, 0.1) is 6.21 Å². The lowest BCUT2D eigenvalue weighted by molar-refractivity contribution is -0.107. The maximum absolute atomic E-state index is 10.0. The third-order valence-corrected chi connectivity index (χ3v) is 2.75. The van der Waals surface area contributed by atoms with E-state index < -0.39 is 0 Å². The van der Waals surface area contributed by atoms with Crippen molar-refractivity contribution < 1.29 is 9.90 Å². The first-order valence-corrected chi connectivity index (χ1v) is 7.64. The van der Waals surface area contributed by atoms with Crippen LogP contribution in [0.5, 0.6) is 5.75 Å². The number of nitrogens with one attached hydrogen (secondary N) is 1. The Hall–Kier alpha value is -2.62. The number of benzene rings is 2. The van der Waals surface area contributed by atoms with Crippen LogP contribution in [0, 0.1) is 6.92 Å². The molecule has 0 aliphatic rings. The number of carbonyl (C=O) groups excluding carboxylic acids is 1. The summed E-state index contributed by atoms with van der Waals surface area (Å²) in [4.78, 5) is 10.0. The van der Waals surface area contributed by atoms with E-state index in [4.69, 9.17) is 5.11 Å². The molecule has 4 nitrogen and oxygen atoms in total. The van der Waals surface area contributed by atoms with Crippen molar-refractivity contribution in [3.05, 3.63) is 65.2 Å². The smallest absolute Gasteiger partial charge is 0.124 e. The molecule has 0 aliphatic heterocycles. The van der Waals surface area contributed by atoms with Crippen molar-refractivity contribution in [2.45, 2.75) is 27.2 Å². The Balaban J connectivity index is 0.000000381. The molecule has 2 aromatic carbocycles. The van der Waals surface area contributed by atoms with Crippen molar-refractivity contribution >= 4 is 12.5 Å². The minimum absolute atomic E-state index is 0.208. The molecule has 0 atom stereocenters. The molecule has 0 unspecified atom stereocenters. The molecule has 0 heterocycles. The van der Waals surface area contributed by atoms with Gasteiger partial charge in [0.2, 0.25) is 0 Å². The van der Waals surface area contributed by atoms with Crippen molar-refractivity contribution in [1.29, 1.82) is 0 Å². The van der Waals surface area contributed by atoms with E-state index in [-0.39, 0.29) is 5.75 Å². The summed E-state index contributed by atoms with van der Waals surface area (Å²) in [6.45, 7) is 6.07. The number of nitrogens with zero attached hydrogens (tertiary/aromatic N) is 1. The Bertz CT molecular complexity index is 595. The quantitative estimate of drug-likeness (QED) is 0.514. The molecule has 0 saturated heterocycles. The molecule has 0 radical (unpaired) electrons. The van der Waals surface area contributed by atoms with Crippen molar-refractivity contribution in [2.24, 2.45) is 5.10 Å². The van der Waals surface area contributed by atoms with Crippen LogP contribution >= 0.6 is 0 Å².